The van der Waals surface area contributed by atoms with Crippen molar-refractivity contribution in [1.29, 1.82) is 0 Å². The molecule has 170 valence electrons. The first-order chi connectivity index (χ1) is 16.3. The number of hydrogen-bond acceptors (Lipinski definition) is 5. The van der Waals surface area contributed by atoms with Crippen LogP contribution in [-0.4, -0.2) is 30.2 Å². The van der Waals surface area contributed by atoms with E-state index < -0.39 is 23.7 Å². The molecule has 0 radical (unpaired) electrons. The zero-order valence-corrected chi connectivity index (χ0v) is 18.9. The number of fused-ring (bicyclic) bond motifs is 1. The third-order valence-corrected chi connectivity index (χ3v) is 6.34. The lowest BCUT2D eigenvalue weighted by Gasteiger charge is -2.18. The molecule has 34 heavy (non-hydrogen) atoms. The summed E-state index contributed by atoms with van der Waals surface area (Å²) in [5.74, 6) is -1.88. The highest BCUT2D eigenvalue weighted by atomic mass is 35.5. The van der Waals surface area contributed by atoms with Gasteiger partial charge in [-0.15, -0.1) is 0 Å². The van der Waals surface area contributed by atoms with Crippen LogP contribution in [-0.2, 0) is 9.59 Å². The number of anilines is 2. The second-order valence-electron chi connectivity index (χ2n) is 8.22. The minimum atomic E-state index is -0.639. The molecule has 0 spiro atoms. The van der Waals surface area contributed by atoms with Crippen LogP contribution in [0.2, 0.25) is 5.02 Å². The standard InChI is InChI=1S/C26H19ClN2O5/c1-15-12-17(10-11-21(15)29-24(31)18-6-2-3-7-19(18)25(29)32)34-26(33)16-13-23(30)28(14-16)22-9-5-4-8-20(22)27/h2-12,16H,13-14H2,1H3/t16-/m1/s1. The molecule has 2 aliphatic rings. The molecule has 0 bridgehead atoms. The summed E-state index contributed by atoms with van der Waals surface area (Å²) in [6.07, 6.45) is 0.0240. The van der Waals surface area contributed by atoms with Crippen molar-refractivity contribution in [3.63, 3.8) is 0 Å². The van der Waals surface area contributed by atoms with Gasteiger partial charge >= 0.3 is 5.97 Å². The predicted octanol–water partition coefficient (Wildman–Crippen LogP) is 4.41. The number of amides is 3. The molecule has 3 aromatic carbocycles. The van der Waals surface area contributed by atoms with Crippen LogP contribution in [0.15, 0.2) is 66.7 Å². The SMILES string of the molecule is Cc1cc(OC(=O)[C@@H]2CC(=O)N(c3ccccc3Cl)C2)ccc1N1C(=O)c2ccccc2C1=O. The molecule has 3 amide bonds. The van der Waals surface area contributed by atoms with E-state index in [-0.39, 0.29) is 24.6 Å². The smallest absolute Gasteiger partial charge is 0.316 e. The van der Waals surface area contributed by atoms with Crippen molar-refractivity contribution in [2.75, 3.05) is 16.3 Å². The van der Waals surface area contributed by atoms with Crippen molar-refractivity contribution in [2.24, 2.45) is 5.92 Å². The third kappa shape index (κ3) is 3.64. The molecule has 2 aliphatic heterocycles. The molecule has 1 fully saturated rings. The fourth-order valence-electron chi connectivity index (χ4n) is 4.32. The summed E-state index contributed by atoms with van der Waals surface area (Å²) in [6, 6.07) is 18.3. The molecule has 0 saturated carbocycles. The molecule has 8 heteroatoms. The van der Waals surface area contributed by atoms with Crippen LogP contribution in [0.4, 0.5) is 11.4 Å². The van der Waals surface area contributed by atoms with Gasteiger partial charge in [0.2, 0.25) is 5.91 Å². The number of nitrogens with zero attached hydrogens (tertiary/aromatic N) is 2. The van der Waals surface area contributed by atoms with Crippen LogP contribution >= 0.6 is 11.6 Å². The van der Waals surface area contributed by atoms with Crippen molar-refractivity contribution in [3.8, 4) is 5.75 Å². The minimum Gasteiger partial charge on any atom is -0.426 e. The largest absolute Gasteiger partial charge is 0.426 e. The summed E-state index contributed by atoms with van der Waals surface area (Å²) in [7, 11) is 0. The second-order valence-corrected chi connectivity index (χ2v) is 8.62. The normalized spacial score (nSPS) is 17.4. The zero-order valence-electron chi connectivity index (χ0n) is 18.2. The van der Waals surface area contributed by atoms with Gasteiger partial charge in [-0.3, -0.25) is 19.2 Å². The van der Waals surface area contributed by atoms with E-state index >= 15 is 0 Å². The quantitative estimate of drug-likeness (QED) is 0.318. The predicted molar refractivity (Wildman–Crippen MR) is 126 cm³/mol. The highest BCUT2D eigenvalue weighted by molar-refractivity contribution is 6.35. The Labute approximate surface area is 200 Å². The number of hydrogen-bond donors (Lipinski definition) is 0. The van der Waals surface area contributed by atoms with Gasteiger partial charge in [0.05, 0.1) is 33.4 Å². The van der Waals surface area contributed by atoms with Crippen LogP contribution in [0.3, 0.4) is 0 Å². The number of aryl methyl sites for hydroxylation is 1. The maximum Gasteiger partial charge on any atom is 0.316 e. The van der Waals surface area contributed by atoms with Crippen molar-refractivity contribution >= 4 is 46.7 Å². The lowest BCUT2D eigenvalue weighted by Crippen LogP contribution is -2.30. The Morgan fingerprint density at radius 3 is 2.21 bits per heavy atom. The van der Waals surface area contributed by atoms with Crippen molar-refractivity contribution in [3.05, 3.63) is 88.4 Å². The number of carbonyl (C=O) groups excluding carboxylic acids is 4. The van der Waals surface area contributed by atoms with Crippen LogP contribution in [0.1, 0.15) is 32.7 Å². The van der Waals surface area contributed by atoms with Crippen LogP contribution in [0, 0.1) is 12.8 Å². The van der Waals surface area contributed by atoms with Gasteiger partial charge in [-0.1, -0.05) is 35.9 Å². The summed E-state index contributed by atoms with van der Waals surface area (Å²) in [5.41, 5.74) is 2.30. The third-order valence-electron chi connectivity index (χ3n) is 6.02. The van der Waals surface area contributed by atoms with Gasteiger partial charge in [0.25, 0.3) is 11.8 Å². The molecule has 1 saturated heterocycles. The molecular formula is C26H19ClN2O5. The topological polar surface area (TPSA) is 84.0 Å². The second kappa shape index (κ2) is 8.43. The van der Waals surface area contributed by atoms with Gasteiger partial charge in [0, 0.05) is 13.0 Å². The first-order valence-electron chi connectivity index (χ1n) is 10.7. The number of rotatable bonds is 4. The molecule has 0 unspecified atom stereocenters. The molecule has 0 N–H and O–H groups in total. The van der Waals surface area contributed by atoms with Gasteiger partial charge in [0.1, 0.15) is 5.75 Å². The van der Waals surface area contributed by atoms with Gasteiger partial charge in [-0.05, 0) is 55.0 Å². The van der Waals surface area contributed by atoms with Crippen molar-refractivity contribution in [2.45, 2.75) is 13.3 Å². The summed E-state index contributed by atoms with van der Waals surface area (Å²) in [5, 5.41) is 0.434. The average Bonchev–Trinajstić information content (AvgIpc) is 3.33. The molecule has 0 aliphatic carbocycles. The molecule has 5 rings (SSSR count). The Bertz CT molecular complexity index is 1330. The number of para-hydroxylation sites is 1. The Balaban J connectivity index is 1.31. The maximum atomic E-state index is 12.8. The van der Waals surface area contributed by atoms with E-state index in [1.54, 1.807) is 67.6 Å². The van der Waals surface area contributed by atoms with E-state index in [0.29, 0.717) is 33.1 Å². The number of esters is 1. The Morgan fingerprint density at radius 1 is 0.912 bits per heavy atom. The Hall–Kier alpha value is -3.97. The highest BCUT2D eigenvalue weighted by Crippen LogP contribution is 2.34. The minimum absolute atomic E-state index is 0.0240. The number of ether oxygens (including phenoxy) is 1. The van der Waals surface area contributed by atoms with E-state index in [4.69, 9.17) is 16.3 Å². The number of benzene rings is 3. The van der Waals surface area contributed by atoms with Gasteiger partial charge in [-0.25, -0.2) is 4.90 Å². The summed E-state index contributed by atoms with van der Waals surface area (Å²) >= 11 is 6.20. The molecule has 7 nitrogen and oxygen atoms in total. The number of imide groups is 1. The number of halogens is 1. The van der Waals surface area contributed by atoms with Crippen LogP contribution in [0.25, 0.3) is 0 Å². The van der Waals surface area contributed by atoms with Crippen molar-refractivity contribution in [1.82, 2.24) is 0 Å². The fourth-order valence-corrected chi connectivity index (χ4v) is 4.56. The van der Waals surface area contributed by atoms with E-state index in [2.05, 4.69) is 0 Å². The average molecular weight is 475 g/mol. The summed E-state index contributed by atoms with van der Waals surface area (Å²) < 4.78 is 5.54. The molecule has 3 aromatic rings. The van der Waals surface area contributed by atoms with E-state index in [1.807, 2.05) is 0 Å². The monoisotopic (exact) mass is 474 g/mol. The van der Waals surface area contributed by atoms with E-state index in [9.17, 15) is 19.2 Å². The maximum absolute atomic E-state index is 12.8. The first kappa shape index (κ1) is 21.9. The molecule has 2 heterocycles. The Kier molecular flexibility index (Phi) is 5.42. The molecule has 0 aromatic heterocycles. The zero-order chi connectivity index (χ0) is 24.0. The first-order valence-corrected chi connectivity index (χ1v) is 11.1. The van der Waals surface area contributed by atoms with E-state index in [0.717, 1.165) is 4.90 Å². The van der Waals surface area contributed by atoms with Gasteiger partial charge in [0.15, 0.2) is 0 Å². The summed E-state index contributed by atoms with van der Waals surface area (Å²) in [4.78, 5) is 53.4. The van der Waals surface area contributed by atoms with Gasteiger partial charge < -0.3 is 9.64 Å². The lowest BCUT2D eigenvalue weighted by molar-refractivity contribution is -0.139. The van der Waals surface area contributed by atoms with Crippen molar-refractivity contribution < 1.29 is 23.9 Å². The molecular weight excluding hydrogens is 456 g/mol. The number of carbonyl (C=O) groups is 4. The highest BCUT2D eigenvalue weighted by Gasteiger charge is 2.38. The molecule has 1 atom stereocenters. The van der Waals surface area contributed by atoms with Crippen LogP contribution in [0.5, 0.6) is 5.75 Å². The van der Waals surface area contributed by atoms with E-state index in [1.165, 1.54) is 11.0 Å². The fraction of sp³-hybridized carbons (Fsp3) is 0.154. The lowest BCUT2D eigenvalue weighted by atomic mass is 10.1. The summed E-state index contributed by atoms with van der Waals surface area (Å²) in [6.45, 7) is 1.90. The Morgan fingerprint density at radius 2 is 1.56 bits per heavy atom. The van der Waals surface area contributed by atoms with Crippen LogP contribution < -0.4 is 14.5 Å². The van der Waals surface area contributed by atoms with Gasteiger partial charge in [-0.2, -0.15) is 0 Å².